The molecule has 0 aromatic heterocycles. The summed E-state index contributed by atoms with van der Waals surface area (Å²) in [4.78, 5) is 0. The summed E-state index contributed by atoms with van der Waals surface area (Å²) in [5.41, 5.74) is 0.760. The molecule has 1 heterocycles. The molecule has 0 radical (unpaired) electrons. The highest BCUT2D eigenvalue weighted by molar-refractivity contribution is 5.37. The van der Waals surface area contributed by atoms with Crippen LogP contribution in [-0.4, -0.2) is 24.9 Å². The SMILES string of the molecule is CC(CC(F)(F)F)NCC1Cc2cc(F)ccc2O1. The smallest absolute Gasteiger partial charge is 0.390 e. The van der Waals surface area contributed by atoms with Crippen LogP contribution < -0.4 is 10.1 Å². The van der Waals surface area contributed by atoms with Crippen LogP contribution in [0.1, 0.15) is 18.9 Å². The molecule has 0 saturated heterocycles. The van der Waals surface area contributed by atoms with E-state index in [2.05, 4.69) is 5.32 Å². The maximum absolute atomic E-state index is 13.0. The molecule has 0 saturated carbocycles. The van der Waals surface area contributed by atoms with Gasteiger partial charge in [-0.1, -0.05) is 0 Å². The lowest BCUT2D eigenvalue weighted by Gasteiger charge is -2.18. The molecule has 0 spiro atoms. The molecule has 1 aliphatic rings. The fourth-order valence-corrected chi connectivity index (χ4v) is 2.15. The lowest BCUT2D eigenvalue weighted by atomic mass is 10.1. The predicted molar refractivity (Wildman–Crippen MR) is 62.7 cm³/mol. The molecule has 106 valence electrons. The van der Waals surface area contributed by atoms with Gasteiger partial charge in [-0.25, -0.2) is 4.39 Å². The molecule has 2 atom stereocenters. The van der Waals surface area contributed by atoms with E-state index in [1.165, 1.54) is 19.1 Å². The average molecular weight is 277 g/mol. The molecule has 0 bridgehead atoms. The number of nitrogens with one attached hydrogen (secondary N) is 1. The van der Waals surface area contributed by atoms with Crippen molar-refractivity contribution >= 4 is 0 Å². The van der Waals surface area contributed by atoms with E-state index in [-0.39, 0.29) is 11.9 Å². The van der Waals surface area contributed by atoms with Crippen LogP contribution in [0, 0.1) is 5.82 Å². The van der Waals surface area contributed by atoms with Crippen LogP contribution in [-0.2, 0) is 6.42 Å². The summed E-state index contributed by atoms with van der Waals surface area (Å²) >= 11 is 0. The van der Waals surface area contributed by atoms with E-state index in [1.807, 2.05) is 0 Å². The second-order valence-electron chi connectivity index (χ2n) is 4.82. The van der Waals surface area contributed by atoms with E-state index < -0.39 is 18.6 Å². The summed E-state index contributed by atoms with van der Waals surface area (Å²) in [6.07, 6.45) is -4.78. The Morgan fingerprint density at radius 2 is 2.16 bits per heavy atom. The average Bonchev–Trinajstić information content (AvgIpc) is 2.66. The van der Waals surface area contributed by atoms with E-state index in [4.69, 9.17) is 4.74 Å². The van der Waals surface area contributed by atoms with Crippen molar-refractivity contribution in [2.24, 2.45) is 0 Å². The largest absolute Gasteiger partial charge is 0.488 e. The lowest BCUT2D eigenvalue weighted by Crippen LogP contribution is -2.38. The maximum Gasteiger partial charge on any atom is 0.390 e. The first-order valence-corrected chi connectivity index (χ1v) is 6.09. The van der Waals surface area contributed by atoms with Gasteiger partial charge in [-0.2, -0.15) is 13.2 Å². The van der Waals surface area contributed by atoms with Crippen LogP contribution in [0.2, 0.25) is 0 Å². The van der Waals surface area contributed by atoms with Crippen LogP contribution in [0.5, 0.6) is 5.75 Å². The van der Waals surface area contributed by atoms with Gasteiger partial charge >= 0.3 is 6.18 Å². The van der Waals surface area contributed by atoms with E-state index in [1.54, 1.807) is 6.07 Å². The number of hydrogen-bond donors (Lipinski definition) is 1. The molecule has 0 fully saturated rings. The molecule has 1 aromatic carbocycles. The van der Waals surface area contributed by atoms with Gasteiger partial charge in [-0.15, -0.1) is 0 Å². The molecule has 2 nitrogen and oxygen atoms in total. The Morgan fingerprint density at radius 3 is 2.84 bits per heavy atom. The van der Waals surface area contributed by atoms with Gasteiger partial charge in [0.15, 0.2) is 0 Å². The van der Waals surface area contributed by atoms with Crippen molar-refractivity contribution in [3.8, 4) is 5.75 Å². The van der Waals surface area contributed by atoms with Crippen LogP contribution in [0.15, 0.2) is 18.2 Å². The topological polar surface area (TPSA) is 21.3 Å². The lowest BCUT2D eigenvalue weighted by molar-refractivity contribution is -0.139. The zero-order valence-electron chi connectivity index (χ0n) is 10.4. The molecule has 0 aliphatic carbocycles. The number of hydrogen-bond acceptors (Lipinski definition) is 2. The monoisotopic (exact) mass is 277 g/mol. The third kappa shape index (κ3) is 4.09. The van der Waals surface area contributed by atoms with Gasteiger partial charge in [-0.3, -0.25) is 0 Å². The third-order valence-corrected chi connectivity index (χ3v) is 3.00. The first-order valence-electron chi connectivity index (χ1n) is 6.09. The normalized spacial score (nSPS) is 19.9. The van der Waals surface area contributed by atoms with E-state index in [0.717, 1.165) is 5.56 Å². The summed E-state index contributed by atoms with van der Waals surface area (Å²) in [5.74, 6) is 0.276. The molecule has 0 amide bonds. The van der Waals surface area contributed by atoms with Gasteiger partial charge in [0.25, 0.3) is 0 Å². The highest BCUT2D eigenvalue weighted by Crippen LogP contribution is 2.29. The Labute approximate surface area is 108 Å². The Bertz CT molecular complexity index is 447. The number of benzene rings is 1. The van der Waals surface area contributed by atoms with Gasteiger partial charge < -0.3 is 10.1 Å². The van der Waals surface area contributed by atoms with Crippen LogP contribution in [0.4, 0.5) is 17.6 Å². The Kier molecular flexibility index (Phi) is 3.99. The highest BCUT2D eigenvalue weighted by Gasteiger charge is 2.30. The number of alkyl halides is 3. The fraction of sp³-hybridized carbons (Fsp3) is 0.538. The van der Waals surface area contributed by atoms with Crippen molar-refractivity contribution in [3.63, 3.8) is 0 Å². The number of halogens is 4. The van der Waals surface area contributed by atoms with E-state index >= 15 is 0 Å². The molecule has 1 aliphatic heterocycles. The van der Waals surface area contributed by atoms with Crippen molar-refractivity contribution in [2.75, 3.05) is 6.54 Å². The summed E-state index contributed by atoms with van der Waals surface area (Å²) in [5, 5.41) is 2.79. The minimum absolute atomic E-state index is 0.243. The number of fused-ring (bicyclic) bond motifs is 1. The molecule has 1 aromatic rings. The zero-order valence-corrected chi connectivity index (χ0v) is 10.4. The van der Waals surface area contributed by atoms with Crippen molar-refractivity contribution in [3.05, 3.63) is 29.6 Å². The van der Waals surface area contributed by atoms with E-state index in [9.17, 15) is 17.6 Å². The van der Waals surface area contributed by atoms with Crippen molar-refractivity contribution < 1.29 is 22.3 Å². The minimum atomic E-state index is -4.17. The molecule has 2 unspecified atom stereocenters. The standard InChI is InChI=1S/C13H15F4NO/c1-8(6-13(15,16)17)18-7-11-5-9-4-10(14)2-3-12(9)19-11/h2-4,8,11,18H,5-7H2,1H3. The van der Waals surface area contributed by atoms with Gasteiger partial charge in [0.1, 0.15) is 17.7 Å². The fourth-order valence-electron chi connectivity index (χ4n) is 2.15. The van der Waals surface area contributed by atoms with Crippen LogP contribution in [0.3, 0.4) is 0 Å². The van der Waals surface area contributed by atoms with E-state index in [0.29, 0.717) is 18.7 Å². The summed E-state index contributed by atoms with van der Waals surface area (Å²) in [6, 6.07) is 3.59. The molecule has 2 rings (SSSR count). The third-order valence-electron chi connectivity index (χ3n) is 3.00. The Morgan fingerprint density at radius 1 is 1.42 bits per heavy atom. The predicted octanol–water partition coefficient (Wildman–Crippen LogP) is 3.06. The number of ether oxygens (including phenoxy) is 1. The van der Waals surface area contributed by atoms with Crippen LogP contribution in [0.25, 0.3) is 0 Å². The van der Waals surface area contributed by atoms with Gasteiger partial charge in [0.05, 0.1) is 6.42 Å². The van der Waals surface area contributed by atoms with Crippen molar-refractivity contribution in [1.29, 1.82) is 0 Å². The van der Waals surface area contributed by atoms with Crippen molar-refractivity contribution in [2.45, 2.75) is 38.1 Å². The quantitative estimate of drug-likeness (QED) is 0.854. The Hall–Kier alpha value is -1.30. The molecular formula is C13H15F4NO. The maximum atomic E-state index is 13.0. The minimum Gasteiger partial charge on any atom is -0.488 e. The van der Waals surface area contributed by atoms with Crippen molar-refractivity contribution in [1.82, 2.24) is 5.32 Å². The molecule has 1 N–H and O–H groups in total. The summed E-state index contributed by atoms with van der Waals surface area (Å²) < 4.78 is 55.0. The Balaban J connectivity index is 1.81. The first kappa shape index (κ1) is 14.1. The summed E-state index contributed by atoms with van der Waals surface area (Å²) in [6.45, 7) is 1.79. The van der Waals surface area contributed by atoms with Crippen LogP contribution >= 0.6 is 0 Å². The molecule has 19 heavy (non-hydrogen) atoms. The zero-order chi connectivity index (χ0) is 14.0. The number of rotatable bonds is 4. The highest BCUT2D eigenvalue weighted by atomic mass is 19.4. The van der Waals surface area contributed by atoms with Gasteiger partial charge in [0.2, 0.25) is 0 Å². The second-order valence-corrected chi connectivity index (χ2v) is 4.82. The summed E-state index contributed by atoms with van der Waals surface area (Å²) in [7, 11) is 0. The van der Waals surface area contributed by atoms with Gasteiger partial charge in [-0.05, 0) is 25.1 Å². The molecular weight excluding hydrogens is 262 g/mol. The van der Waals surface area contributed by atoms with Gasteiger partial charge in [0, 0.05) is 24.6 Å². The molecule has 6 heteroatoms. The second kappa shape index (κ2) is 5.36. The first-order chi connectivity index (χ1) is 8.83.